The summed E-state index contributed by atoms with van der Waals surface area (Å²) < 4.78 is 0. The van der Waals surface area contributed by atoms with Crippen molar-refractivity contribution in [3.8, 4) is 0 Å². The molecule has 0 unspecified atom stereocenters. The molecule has 2 heteroatoms. The molecular formula is C10H22N2. The van der Waals surface area contributed by atoms with Crippen LogP contribution in [0.15, 0.2) is 0 Å². The smallest absolute Gasteiger partial charge is 0.00790 e. The zero-order valence-corrected chi connectivity index (χ0v) is 8.40. The van der Waals surface area contributed by atoms with Gasteiger partial charge in [-0.25, -0.2) is 0 Å². The molecule has 1 saturated carbocycles. The summed E-state index contributed by atoms with van der Waals surface area (Å²) in [5.41, 5.74) is 0. The van der Waals surface area contributed by atoms with Crippen LogP contribution in [0.3, 0.4) is 0 Å². The lowest BCUT2D eigenvalue weighted by Crippen LogP contribution is -2.32. The zero-order valence-electron chi connectivity index (χ0n) is 8.40. The molecule has 2 nitrogen and oxygen atoms in total. The first-order valence-electron chi connectivity index (χ1n) is 5.23. The van der Waals surface area contributed by atoms with Crippen molar-refractivity contribution in [3.63, 3.8) is 0 Å². The standard InChI is InChI=1S/C10H22N2/c1-9(2)12-8-7-11-6-5-10-3-4-10/h9-12H,3-8H2,1-2H3. The molecule has 0 atom stereocenters. The van der Waals surface area contributed by atoms with E-state index in [1.165, 1.54) is 25.8 Å². The van der Waals surface area contributed by atoms with Crippen molar-refractivity contribution in [1.82, 2.24) is 10.6 Å². The van der Waals surface area contributed by atoms with Crippen LogP contribution in [0.2, 0.25) is 0 Å². The van der Waals surface area contributed by atoms with Gasteiger partial charge in [-0.15, -0.1) is 0 Å². The molecule has 1 aliphatic carbocycles. The van der Waals surface area contributed by atoms with Crippen LogP contribution >= 0.6 is 0 Å². The molecule has 2 N–H and O–H groups in total. The van der Waals surface area contributed by atoms with Gasteiger partial charge in [-0.2, -0.15) is 0 Å². The summed E-state index contributed by atoms with van der Waals surface area (Å²) in [5, 5.41) is 6.84. The van der Waals surface area contributed by atoms with Gasteiger partial charge in [0.05, 0.1) is 0 Å². The van der Waals surface area contributed by atoms with Crippen molar-refractivity contribution >= 4 is 0 Å². The first-order chi connectivity index (χ1) is 5.79. The molecule has 0 heterocycles. The van der Waals surface area contributed by atoms with Crippen LogP contribution in [0.5, 0.6) is 0 Å². The fourth-order valence-electron chi connectivity index (χ4n) is 1.29. The van der Waals surface area contributed by atoms with E-state index in [1.807, 2.05) is 0 Å². The molecule has 1 aliphatic rings. The van der Waals surface area contributed by atoms with Crippen molar-refractivity contribution in [2.75, 3.05) is 19.6 Å². The monoisotopic (exact) mass is 170 g/mol. The maximum absolute atomic E-state index is 3.45. The quantitative estimate of drug-likeness (QED) is 0.564. The lowest BCUT2D eigenvalue weighted by Gasteiger charge is -2.08. The Morgan fingerprint density at radius 3 is 2.50 bits per heavy atom. The van der Waals surface area contributed by atoms with Crippen LogP contribution in [-0.4, -0.2) is 25.7 Å². The predicted octanol–water partition coefficient (Wildman–Crippen LogP) is 1.37. The second kappa shape index (κ2) is 5.55. The van der Waals surface area contributed by atoms with Crippen LogP contribution < -0.4 is 10.6 Å². The van der Waals surface area contributed by atoms with E-state index in [0.717, 1.165) is 19.0 Å². The molecule has 0 aromatic rings. The molecular weight excluding hydrogens is 148 g/mol. The fraction of sp³-hybridized carbons (Fsp3) is 1.00. The van der Waals surface area contributed by atoms with Gasteiger partial charge in [0, 0.05) is 19.1 Å². The van der Waals surface area contributed by atoms with E-state index in [0.29, 0.717) is 6.04 Å². The molecule has 1 rings (SSSR count). The van der Waals surface area contributed by atoms with Crippen LogP contribution in [0.1, 0.15) is 33.1 Å². The highest BCUT2D eigenvalue weighted by atomic mass is 15.0. The minimum absolute atomic E-state index is 0.621. The third kappa shape index (κ3) is 5.56. The van der Waals surface area contributed by atoms with Crippen LogP contribution in [0, 0.1) is 5.92 Å². The molecule has 0 aromatic heterocycles. The molecule has 0 bridgehead atoms. The normalized spacial score (nSPS) is 17.2. The SMILES string of the molecule is CC(C)NCCNCCC1CC1. The fourth-order valence-corrected chi connectivity index (χ4v) is 1.29. The minimum Gasteiger partial charge on any atom is -0.315 e. The maximum Gasteiger partial charge on any atom is 0.00790 e. The highest BCUT2D eigenvalue weighted by molar-refractivity contribution is 4.73. The van der Waals surface area contributed by atoms with Gasteiger partial charge in [0.2, 0.25) is 0 Å². The zero-order chi connectivity index (χ0) is 8.81. The van der Waals surface area contributed by atoms with Crippen molar-refractivity contribution in [3.05, 3.63) is 0 Å². The van der Waals surface area contributed by atoms with Gasteiger partial charge in [0.15, 0.2) is 0 Å². The molecule has 12 heavy (non-hydrogen) atoms. The van der Waals surface area contributed by atoms with Gasteiger partial charge < -0.3 is 10.6 Å². The first-order valence-corrected chi connectivity index (χ1v) is 5.23. The van der Waals surface area contributed by atoms with E-state index in [2.05, 4.69) is 24.5 Å². The topological polar surface area (TPSA) is 24.1 Å². The van der Waals surface area contributed by atoms with Gasteiger partial charge in [0.25, 0.3) is 0 Å². The van der Waals surface area contributed by atoms with E-state index < -0.39 is 0 Å². The molecule has 0 aromatic carbocycles. The van der Waals surface area contributed by atoms with E-state index in [-0.39, 0.29) is 0 Å². The summed E-state index contributed by atoms with van der Waals surface area (Å²) in [6, 6.07) is 0.621. The van der Waals surface area contributed by atoms with E-state index >= 15 is 0 Å². The van der Waals surface area contributed by atoms with Gasteiger partial charge in [0.1, 0.15) is 0 Å². The lowest BCUT2D eigenvalue weighted by molar-refractivity contribution is 0.542. The third-order valence-corrected chi connectivity index (χ3v) is 2.28. The molecule has 0 saturated heterocycles. The number of rotatable bonds is 7. The Kier molecular flexibility index (Phi) is 4.62. The molecule has 0 radical (unpaired) electrons. The second-order valence-electron chi connectivity index (χ2n) is 4.09. The van der Waals surface area contributed by atoms with E-state index in [1.54, 1.807) is 0 Å². The van der Waals surface area contributed by atoms with Crippen molar-refractivity contribution in [1.29, 1.82) is 0 Å². The average Bonchev–Trinajstić information content (AvgIpc) is 2.79. The molecule has 0 aliphatic heterocycles. The number of nitrogens with one attached hydrogen (secondary N) is 2. The Morgan fingerprint density at radius 1 is 1.17 bits per heavy atom. The summed E-state index contributed by atoms with van der Waals surface area (Å²) in [5.74, 6) is 1.07. The summed E-state index contributed by atoms with van der Waals surface area (Å²) >= 11 is 0. The highest BCUT2D eigenvalue weighted by Gasteiger charge is 2.19. The van der Waals surface area contributed by atoms with E-state index in [4.69, 9.17) is 0 Å². The number of hydrogen-bond acceptors (Lipinski definition) is 2. The molecule has 1 fully saturated rings. The Hall–Kier alpha value is -0.0800. The lowest BCUT2D eigenvalue weighted by atomic mass is 10.3. The molecule has 0 spiro atoms. The van der Waals surface area contributed by atoms with Crippen molar-refractivity contribution in [2.45, 2.75) is 39.2 Å². The Morgan fingerprint density at radius 2 is 1.92 bits per heavy atom. The van der Waals surface area contributed by atoms with Gasteiger partial charge in [-0.1, -0.05) is 26.7 Å². The summed E-state index contributed by atoms with van der Waals surface area (Å²) in [6.07, 6.45) is 4.35. The highest BCUT2D eigenvalue weighted by Crippen LogP contribution is 2.31. The predicted molar refractivity (Wildman–Crippen MR) is 53.3 cm³/mol. The summed E-state index contributed by atoms with van der Waals surface area (Å²) in [4.78, 5) is 0. The minimum atomic E-state index is 0.621. The molecule has 0 amide bonds. The average molecular weight is 170 g/mol. The van der Waals surface area contributed by atoms with Crippen molar-refractivity contribution < 1.29 is 0 Å². The van der Waals surface area contributed by atoms with Gasteiger partial charge >= 0.3 is 0 Å². The largest absolute Gasteiger partial charge is 0.315 e. The van der Waals surface area contributed by atoms with Crippen LogP contribution in [-0.2, 0) is 0 Å². The Bertz CT molecular complexity index is 102. The van der Waals surface area contributed by atoms with Crippen molar-refractivity contribution in [2.24, 2.45) is 5.92 Å². The van der Waals surface area contributed by atoms with Crippen LogP contribution in [0.25, 0.3) is 0 Å². The van der Waals surface area contributed by atoms with Gasteiger partial charge in [-0.3, -0.25) is 0 Å². The second-order valence-corrected chi connectivity index (χ2v) is 4.09. The summed E-state index contributed by atoms with van der Waals surface area (Å²) in [6.45, 7) is 7.80. The van der Waals surface area contributed by atoms with Crippen LogP contribution in [0.4, 0.5) is 0 Å². The number of hydrogen-bond donors (Lipinski definition) is 2. The maximum atomic E-state index is 3.45. The van der Waals surface area contributed by atoms with Gasteiger partial charge in [-0.05, 0) is 18.9 Å². The molecule has 72 valence electrons. The third-order valence-electron chi connectivity index (χ3n) is 2.28. The van der Waals surface area contributed by atoms with E-state index in [9.17, 15) is 0 Å². The Labute approximate surface area is 76.1 Å². The Balaban J connectivity index is 1.70. The first kappa shape index (κ1) is 10.0. The summed E-state index contributed by atoms with van der Waals surface area (Å²) in [7, 11) is 0.